The summed E-state index contributed by atoms with van der Waals surface area (Å²) in [6.45, 7) is 6.86. The van der Waals surface area contributed by atoms with Gasteiger partial charge >= 0.3 is 12.1 Å². The number of ether oxygens (including phenoxy) is 2. The molecule has 2 atom stereocenters. The zero-order valence-corrected chi connectivity index (χ0v) is 22.1. The number of carbonyl (C=O) groups is 4. The summed E-state index contributed by atoms with van der Waals surface area (Å²) in [6.07, 6.45) is 2.62. The van der Waals surface area contributed by atoms with Gasteiger partial charge in [-0.15, -0.1) is 0 Å². The number of hydrogen-bond donors (Lipinski definition) is 3. The number of nitrogens with one attached hydrogen (secondary N) is 2. The average molecular weight is 530 g/mol. The lowest BCUT2D eigenvalue weighted by Crippen LogP contribution is -2.64. The fourth-order valence-corrected chi connectivity index (χ4v) is 4.19. The highest BCUT2D eigenvalue weighted by atomic mass is 16.6. The van der Waals surface area contributed by atoms with Gasteiger partial charge in [0.15, 0.2) is 0 Å². The van der Waals surface area contributed by atoms with E-state index >= 15 is 0 Å². The second kappa shape index (κ2) is 12.4. The van der Waals surface area contributed by atoms with Crippen LogP contribution < -0.4 is 5.32 Å². The first-order chi connectivity index (χ1) is 18.0. The van der Waals surface area contributed by atoms with Crippen LogP contribution in [-0.4, -0.2) is 92.7 Å². The number of amides is 3. The van der Waals surface area contributed by atoms with E-state index in [0.29, 0.717) is 5.69 Å². The minimum atomic E-state index is -0.936. The first-order valence-corrected chi connectivity index (χ1v) is 12.5. The largest absolute Gasteiger partial charge is 0.508 e. The lowest BCUT2D eigenvalue weighted by atomic mass is 9.99. The number of esters is 1. The van der Waals surface area contributed by atoms with Gasteiger partial charge in [-0.2, -0.15) is 0 Å². The molecule has 3 N–H and O–H groups in total. The molecule has 1 aliphatic rings. The molecule has 1 saturated heterocycles. The molecule has 12 heteroatoms. The molecular weight excluding hydrogens is 494 g/mol. The number of piperazine rings is 1. The van der Waals surface area contributed by atoms with E-state index in [2.05, 4.69) is 15.3 Å². The van der Waals surface area contributed by atoms with E-state index in [1.807, 2.05) is 0 Å². The predicted octanol–water partition coefficient (Wildman–Crippen LogP) is 1.40. The fourth-order valence-electron chi connectivity index (χ4n) is 4.19. The Balaban J connectivity index is 1.82. The van der Waals surface area contributed by atoms with Gasteiger partial charge in [0.1, 0.15) is 30.0 Å². The fraction of sp³-hybridized carbons (Fsp3) is 0.500. The maximum atomic E-state index is 13.8. The van der Waals surface area contributed by atoms with Crippen LogP contribution in [0, 0.1) is 0 Å². The lowest BCUT2D eigenvalue weighted by Gasteiger charge is -2.43. The van der Waals surface area contributed by atoms with Crippen molar-refractivity contribution in [2.24, 2.45) is 0 Å². The number of aromatic amines is 1. The molecule has 0 saturated carbocycles. The lowest BCUT2D eigenvalue weighted by molar-refractivity contribution is -0.162. The average Bonchev–Trinajstić information content (AvgIpc) is 3.36. The quantitative estimate of drug-likeness (QED) is 0.412. The van der Waals surface area contributed by atoms with Crippen LogP contribution in [0.15, 0.2) is 36.8 Å². The van der Waals surface area contributed by atoms with Crippen molar-refractivity contribution in [3.05, 3.63) is 48.0 Å². The van der Waals surface area contributed by atoms with Gasteiger partial charge in [-0.05, 0) is 45.4 Å². The third-order valence-electron chi connectivity index (χ3n) is 5.90. The minimum Gasteiger partial charge on any atom is -0.508 e. The first kappa shape index (κ1) is 28.5. The van der Waals surface area contributed by atoms with Crippen LogP contribution in [0.25, 0.3) is 0 Å². The van der Waals surface area contributed by atoms with Gasteiger partial charge in [0.25, 0.3) is 0 Å². The number of phenolic OH excluding ortho intramolecular Hbond substituents is 1. The maximum Gasteiger partial charge on any atom is 0.408 e. The Morgan fingerprint density at radius 2 is 1.92 bits per heavy atom. The molecule has 1 fully saturated rings. The molecule has 2 heterocycles. The molecule has 0 unspecified atom stereocenters. The number of phenols is 1. The molecule has 0 bridgehead atoms. The predicted molar refractivity (Wildman–Crippen MR) is 136 cm³/mol. The first-order valence-electron chi connectivity index (χ1n) is 12.5. The van der Waals surface area contributed by atoms with Gasteiger partial charge < -0.3 is 34.7 Å². The van der Waals surface area contributed by atoms with E-state index in [1.165, 1.54) is 28.3 Å². The summed E-state index contributed by atoms with van der Waals surface area (Å²) in [4.78, 5) is 61.8. The van der Waals surface area contributed by atoms with Crippen LogP contribution in [0.1, 0.15) is 39.0 Å². The number of carbonyl (C=O) groups excluding carboxylic acids is 4. The van der Waals surface area contributed by atoms with Crippen molar-refractivity contribution in [2.75, 3.05) is 26.2 Å². The van der Waals surface area contributed by atoms with E-state index in [-0.39, 0.29) is 44.8 Å². The number of hydrogen-bond acceptors (Lipinski definition) is 8. The van der Waals surface area contributed by atoms with Crippen molar-refractivity contribution in [2.45, 2.75) is 58.2 Å². The van der Waals surface area contributed by atoms with Crippen LogP contribution in [0.3, 0.4) is 0 Å². The number of rotatable bonds is 9. The van der Waals surface area contributed by atoms with E-state index in [1.54, 1.807) is 46.0 Å². The Kier molecular flexibility index (Phi) is 9.32. The minimum absolute atomic E-state index is 0.0873. The zero-order valence-electron chi connectivity index (χ0n) is 22.1. The van der Waals surface area contributed by atoms with Gasteiger partial charge in [0.05, 0.1) is 12.9 Å². The van der Waals surface area contributed by atoms with Crippen molar-refractivity contribution in [1.82, 2.24) is 25.1 Å². The third-order valence-corrected chi connectivity index (χ3v) is 5.90. The molecule has 12 nitrogen and oxygen atoms in total. The summed E-state index contributed by atoms with van der Waals surface area (Å²) >= 11 is 0. The monoisotopic (exact) mass is 529 g/mol. The Labute approximate surface area is 221 Å². The van der Waals surface area contributed by atoms with E-state index in [4.69, 9.17) is 9.47 Å². The summed E-state index contributed by atoms with van der Waals surface area (Å²) < 4.78 is 10.5. The third kappa shape index (κ3) is 7.70. The van der Waals surface area contributed by atoms with Crippen molar-refractivity contribution >= 4 is 23.9 Å². The molecule has 1 aliphatic heterocycles. The summed E-state index contributed by atoms with van der Waals surface area (Å²) in [6, 6.07) is 4.51. The van der Waals surface area contributed by atoms with Crippen molar-refractivity contribution < 1.29 is 33.8 Å². The molecule has 3 amide bonds. The molecular formula is C26H35N5O7. The van der Waals surface area contributed by atoms with Gasteiger partial charge in [0.2, 0.25) is 11.8 Å². The van der Waals surface area contributed by atoms with Gasteiger partial charge in [0, 0.05) is 37.8 Å². The molecule has 0 spiro atoms. The van der Waals surface area contributed by atoms with Gasteiger partial charge in [-0.25, -0.2) is 14.6 Å². The van der Waals surface area contributed by atoms with E-state index in [9.17, 15) is 24.3 Å². The van der Waals surface area contributed by atoms with E-state index < -0.39 is 41.6 Å². The molecule has 2 aromatic rings. The standard InChI is InChI=1S/C26H35N5O7/c1-5-37-24(35)21(12-17-6-8-19(32)9-7-17)31-11-10-30(20(23(31)34)13-18-14-27-16-29-18)22(33)15-28-25(36)38-26(2,3)4/h6-9,14,16,20-21,32H,5,10-13,15H2,1-4H3,(H,27,29)(H,28,36)/t20-,21-/m0/s1. The summed E-state index contributed by atoms with van der Waals surface area (Å²) in [5.41, 5.74) is 0.644. The summed E-state index contributed by atoms with van der Waals surface area (Å²) in [7, 11) is 0. The number of nitrogens with zero attached hydrogens (tertiary/aromatic N) is 3. The van der Waals surface area contributed by atoms with Crippen molar-refractivity contribution in [1.29, 1.82) is 0 Å². The van der Waals surface area contributed by atoms with Gasteiger partial charge in [-0.3, -0.25) is 9.59 Å². The van der Waals surface area contributed by atoms with Crippen molar-refractivity contribution in [3.8, 4) is 5.75 Å². The highest BCUT2D eigenvalue weighted by Crippen LogP contribution is 2.22. The topological polar surface area (TPSA) is 154 Å². The second-order valence-electron chi connectivity index (χ2n) is 9.91. The highest BCUT2D eigenvalue weighted by Gasteiger charge is 2.42. The highest BCUT2D eigenvalue weighted by molar-refractivity contribution is 5.93. The van der Waals surface area contributed by atoms with Crippen LogP contribution in [0.2, 0.25) is 0 Å². The molecule has 1 aromatic heterocycles. The molecule has 0 aliphatic carbocycles. The number of aromatic nitrogens is 2. The SMILES string of the molecule is CCOC(=O)[C@H](Cc1ccc(O)cc1)N1CCN(C(=O)CNC(=O)OC(C)(C)C)[C@@H](Cc2cnc[nH]2)C1=O. The zero-order chi connectivity index (χ0) is 27.9. The number of alkyl carbamates (subject to hydrolysis) is 1. The smallest absolute Gasteiger partial charge is 0.408 e. The van der Waals surface area contributed by atoms with Crippen LogP contribution >= 0.6 is 0 Å². The molecule has 38 heavy (non-hydrogen) atoms. The Morgan fingerprint density at radius 1 is 1.21 bits per heavy atom. The van der Waals surface area contributed by atoms with E-state index in [0.717, 1.165) is 5.56 Å². The molecule has 0 radical (unpaired) electrons. The normalized spacial score (nSPS) is 16.6. The van der Waals surface area contributed by atoms with Crippen molar-refractivity contribution in [3.63, 3.8) is 0 Å². The summed E-state index contributed by atoms with van der Waals surface area (Å²) in [5, 5.41) is 12.1. The number of aromatic hydroxyl groups is 1. The Hall–Kier alpha value is -4.09. The van der Waals surface area contributed by atoms with Crippen LogP contribution in [-0.2, 0) is 36.7 Å². The molecule has 3 rings (SSSR count). The van der Waals surface area contributed by atoms with Crippen LogP contribution in [0.5, 0.6) is 5.75 Å². The maximum absolute atomic E-state index is 13.8. The van der Waals surface area contributed by atoms with Gasteiger partial charge in [-0.1, -0.05) is 12.1 Å². The van der Waals surface area contributed by atoms with Crippen LogP contribution in [0.4, 0.5) is 4.79 Å². The molecule has 206 valence electrons. The molecule has 1 aromatic carbocycles. The Bertz CT molecular complexity index is 1110. The number of imidazole rings is 1. The number of benzene rings is 1. The summed E-state index contributed by atoms with van der Waals surface area (Å²) in [5.74, 6) is -1.35. The number of H-pyrrole nitrogens is 1. The Morgan fingerprint density at radius 3 is 2.53 bits per heavy atom. The second-order valence-corrected chi connectivity index (χ2v) is 9.91.